The van der Waals surface area contributed by atoms with Gasteiger partial charge in [0.15, 0.2) is 23.1 Å². The lowest BCUT2D eigenvalue weighted by molar-refractivity contribution is 0.324. The van der Waals surface area contributed by atoms with E-state index in [1.165, 1.54) is 12.1 Å². The summed E-state index contributed by atoms with van der Waals surface area (Å²) in [6, 6.07) is 5.65. The van der Waals surface area contributed by atoms with Gasteiger partial charge >= 0.3 is 0 Å². The average Bonchev–Trinajstić information content (AvgIpc) is 2.27. The largest absolute Gasteiger partial charge is 0.449 e. The molecule has 2 aromatic carbocycles. The molecule has 0 aliphatic carbocycles. The second-order valence-corrected chi connectivity index (χ2v) is 3.49. The molecule has 0 spiro atoms. The lowest BCUT2D eigenvalue weighted by Gasteiger charge is -2.20. The van der Waals surface area contributed by atoms with Gasteiger partial charge in [0, 0.05) is 12.1 Å². The molecule has 0 amide bonds. The highest BCUT2D eigenvalue weighted by Crippen LogP contribution is 2.47. The van der Waals surface area contributed by atoms with Gasteiger partial charge in [0.2, 0.25) is 11.5 Å². The van der Waals surface area contributed by atoms with E-state index in [2.05, 4.69) is 0 Å². The van der Waals surface area contributed by atoms with Crippen molar-refractivity contribution in [1.29, 1.82) is 0 Å². The van der Waals surface area contributed by atoms with Gasteiger partial charge in [-0.3, -0.25) is 0 Å². The topological polar surface area (TPSA) is 18.5 Å². The molecule has 86 valence electrons. The summed E-state index contributed by atoms with van der Waals surface area (Å²) < 4.78 is 50.0. The zero-order chi connectivity index (χ0) is 12.0. The SMILES string of the molecule is Fc1cc(F)c2c(c1)Oc1cccc(F)c1O2. The fourth-order valence-electron chi connectivity index (χ4n) is 1.60. The highest BCUT2D eigenvalue weighted by atomic mass is 19.1. The Balaban J connectivity index is 2.17. The molecule has 0 radical (unpaired) electrons. The third-order valence-corrected chi connectivity index (χ3v) is 2.33. The first-order chi connectivity index (χ1) is 8.15. The Morgan fingerprint density at radius 2 is 1.53 bits per heavy atom. The fourth-order valence-corrected chi connectivity index (χ4v) is 1.60. The van der Waals surface area contributed by atoms with Crippen LogP contribution in [-0.2, 0) is 0 Å². The van der Waals surface area contributed by atoms with Crippen LogP contribution in [0.2, 0.25) is 0 Å². The van der Waals surface area contributed by atoms with Crippen molar-refractivity contribution in [3.05, 3.63) is 47.8 Å². The van der Waals surface area contributed by atoms with Gasteiger partial charge in [0.25, 0.3) is 0 Å². The molecule has 5 heteroatoms. The first kappa shape index (κ1) is 10.0. The van der Waals surface area contributed by atoms with Gasteiger partial charge in [-0.25, -0.2) is 13.2 Å². The van der Waals surface area contributed by atoms with E-state index in [9.17, 15) is 13.2 Å². The lowest BCUT2D eigenvalue weighted by Crippen LogP contribution is -2.03. The van der Waals surface area contributed by atoms with Crippen molar-refractivity contribution in [1.82, 2.24) is 0 Å². The zero-order valence-corrected chi connectivity index (χ0v) is 8.34. The van der Waals surface area contributed by atoms with Gasteiger partial charge in [-0.1, -0.05) is 6.07 Å². The van der Waals surface area contributed by atoms with Crippen LogP contribution in [0.4, 0.5) is 13.2 Å². The van der Waals surface area contributed by atoms with Crippen LogP contribution in [0, 0.1) is 17.5 Å². The van der Waals surface area contributed by atoms with E-state index in [1.807, 2.05) is 0 Å². The van der Waals surface area contributed by atoms with Crippen LogP contribution in [0.5, 0.6) is 23.0 Å². The molecule has 0 saturated heterocycles. The second-order valence-electron chi connectivity index (χ2n) is 3.49. The Morgan fingerprint density at radius 1 is 0.765 bits per heavy atom. The Kier molecular flexibility index (Phi) is 2.01. The van der Waals surface area contributed by atoms with Gasteiger partial charge in [-0.15, -0.1) is 0 Å². The van der Waals surface area contributed by atoms with Gasteiger partial charge in [-0.2, -0.15) is 0 Å². The minimum atomic E-state index is -0.936. The van der Waals surface area contributed by atoms with Gasteiger partial charge in [0.1, 0.15) is 5.82 Å². The zero-order valence-electron chi connectivity index (χ0n) is 8.34. The van der Waals surface area contributed by atoms with Crippen LogP contribution in [0.1, 0.15) is 0 Å². The quantitative estimate of drug-likeness (QED) is 0.589. The van der Waals surface area contributed by atoms with E-state index < -0.39 is 17.5 Å². The molecule has 2 nitrogen and oxygen atoms in total. The van der Waals surface area contributed by atoms with Crippen molar-refractivity contribution in [2.24, 2.45) is 0 Å². The second kappa shape index (κ2) is 3.41. The van der Waals surface area contributed by atoms with E-state index in [0.717, 1.165) is 12.1 Å². The maximum absolute atomic E-state index is 13.4. The number of hydrogen-bond donors (Lipinski definition) is 0. The van der Waals surface area contributed by atoms with Crippen molar-refractivity contribution >= 4 is 0 Å². The van der Waals surface area contributed by atoms with E-state index >= 15 is 0 Å². The summed E-state index contributed by atoms with van der Waals surface area (Å²) in [6.45, 7) is 0. The number of ether oxygens (including phenoxy) is 2. The maximum Gasteiger partial charge on any atom is 0.206 e. The molecule has 0 fully saturated rings. The van der Waals surface area contributed by atoms with Crippen LogP contribution in [-0.4, -0.2) is 0 Å². The summed E-state index contributed by atoms with van der Waals surface area (Å²) >= 11 is 0. The van der Waals surface area contributed by atoms with E-state index in [-0.39, 0.29) is 23.0 Å². The molecule has 2 aromatic rings. The van der Waals surface area contributed by atoms with Crippen molar-refractivity contribution in [2.75, 3.05) is 0 Å². The van der Waals surface area contributed by atoms with Crippen LogP contribution >= 0.6 is 0 Å². The predicted molar refractivity (Wildman–Crippen MR) is 52.9 cm³/mol. The minimum Gasteiger partial charge on any atom is -0.449 e. The van der Waals surface area contributed by atoms with Crippen molar-refractivity contribution in [2.45, 2.75) is 0 Å². The molecule has 17 heavy (non-hydrogen) atoms. The third kappa shape index (κ3) is 1.51. The Labute approximate surface area is 94.2 Å². The summed E-state index contributed by atoms with van der Waals surface area (Å²) in [5.41, 5.74) is 0. The maximum atomic E-state index is 13.4. The Morgan fingerprint density at radius 3 is 2.35 bits per heavy atom. The molecule has 0 N–H and O–H groups in total. The third-order valence-electron chi connectivity index (χ3n) is 2.33. The molecule has 1 heterocycles. The smallest absolute Gasteiger partial charge is 0.206 e. The predicted octanol–water partition coefficient (Wildman–Crippen LogP) is 4.00. The number of benzene rings is 2. The first-order valence-corrected chi connectivity index (χ1v) is 4.78. The number of para-hydroxylation sites is 1. The van der Waals surface area contributed by atoms with Crippen LogP contribution in [0.25, 0.3) is 0 Å². The standard InChI is InChI=1S/C12H5F3O2/c13-6-4-8(15)12-10(5-6)16-9-3-1-2-7(14)11(9)17-12/h1-5H. The van der Waals surface area contributed by atoms with Crippen LogP contribution < -0.4 is 9.47 Å². The summed E-state index contributed by atoms with van der Waals surface area (Å²) in [4.78, 5) is 0. The number of hydrogen-bond acceptors (Lipinski definition) is 2. The fraction of sp³-hybridized carbons (Fsp3) is 0. The summed E-state index contributed by atoms with van der Waals surface area (Å²) in [5.74, 6) is -2.94. The first-order valence-electron chi connectivity index (χ1n) is 4.78. The van der Waals surface area contributed by atoms with Crippen molar-refractivity contribution in [3.63, 3.8) is 0 Å². The molecule has 3 rings (SSSR count). The minimum absolute atomic E-state index is 0.0856. The molecule has 0 unspecified atom stereocenters. The van der Waals surface area contributed by atoms with Crippen LogP contribution in [0.15, 0.2) is 30.3 Å². The molecule has 0 aromatic heterocycles. The van der Waals surface area contributed by atoms with Crippen molar-refractivity contribution < 1.29 is 22.6 Å². The van der Waals surface area contributed by atoms with E-state index in [0.29, 0.717) is 6.07 Å². The molecular weight excluding hydrogens is 233 g/mol. The molecule has 0 bridgehead atoms. The number of halogens is 3. The number of fused-ring (bicyclic) bond motifs is 2. The van der Waals surface area contributed by atoms with Crippen molar-refractivity contribution in [3.8, 4) is 23.0 Å². The summed E-state index contributed by atoms with van der Waals surface area (Å²) in [5, 5.41) is 0. The molecule has 0 atom stereocenters. The molecule has 0 saturated carbocycles. The lowest BCUT2D eigenvalue weighted by atomic mass is 10.2. The Hall–Kier alpha value is -2.17. The van der Waals surface area contributed by atoms with Gasteiger partial charge in [0.05, 0.1) is 0 Å². The summed E-state index contributed by atoms with van der Waals surface area (Å²) in [6.07, 6.45) is 0. The summed E-state index contributed by atoms with van der Waals surface area (Å²) in [7, 11) is 0. The number of rotatable bonds is 0. The van der Waals surface area contributed by atoms with E-state index in [4.69, 9.17) is 9.47 Å². The normalized spacial score (nSPS) is 12.2. The van der Waals surface area contributed by atoms with Crippen LogP contribution in [0.3, 0.4) is 0 Å². The Bertz CT molecular complexity index is 611. The monoisotopic (exact) mass is 238 g/mol. The van der Waals surface area contributed by atoms with Gasteiger partial charge < -0.3 is 9.47 Å². The highest BCUT2D eigenvalue weighted by molar-refractivity contribution is 5.55. The van der Waals surface area contributed by atoms with Gasteiger partial charge in [-0.05, 0) is 12.1 Å². The van der Waals surface area contributed by atoms with E-state index in [1.54, 1.807) is 0 Å². The molecule has 1 aliphatic heterocycles. The highest BCUT2D eigenvalue weighted by Gasteiger charge is 2.25. The average molecular weight is 238 g/mol. The molecular formula is C12H5F3O2. The molecule has 1 aliphatic rings.